The normalized spacial score (nSPS) is 39.2. The van der Waals surface area contributed by atoms with Gasteiger partial charge in [-0.3, -0.25) is 14.5 Å². The first-order chi connectivity index (χ1) is 10.6. The summed E-state index contributed by atoms with van der Waals surface area (Å²) in [5.74, 6) is -2.27. The van der Waals surface area contributed by atoms with E-state index in [1.807, 2.05) is 36.4 Å². The maximum atomic E-state index is 12.7. The smallest absolute Gasteiger partial charge is 0.233 e. The number of imide groups is 1. The molecule has 1 N–H and O–H groups in total. The van der Waals surface area contributed by atoms with Crippen LogP contribution < -0.4 is 0 Å². The minimum absolute atomic E-state index is 0.222. The van der Waals surface area contributed by atoms with E-state index in [9.17, 15) is 20.0 Å². The molecule has 0 radical (unpaired) electrons. The number of hydrogen-bond donors (Lipinski definition) is 1. The third-order valence-electron chi connectivity index (χ3n) is 5.64. The van der Waals surface area contributed by atoms with Crippen molar-refractivity contribution in [2.75, 3.05) is 0 Å². The summed E-state index contributed by atoms with van der Waals surface area (Å²) >= 11 is 0. The standard InChI is InChI=1S/C17H16N2O3/c18-9-17(22)11-6-7-12(17)14-13(11)15(20)19(16(14)21)8-10-4-2-1-3-5-10/h1-5,11-14,22H,6-8H2/t11-,12+,13-,14+,17?. The van der Waals surface area contributed by atoms with Crippen LogP contribution in [0.15, 0.2) is 30.3 Å². The third-order valence-corrected chi connectivity index (χ3v) is 5.64. The van der Waals surface area contributed by atoms with Crippen LogP contribution in [0.25, 0.3) is 0 Å². The van der Waals surface area contributed by atoms with Crippen LogP contribution in [-0.4, -0.2) is 27.4 Å². The van der Waals surface area contributed by atoms with Gasteiger partial charge in [-0.1, -0.05) is 30.3 Å². The van der Waals surface area contributed by atoms with E-state index in [4.69, 9.17) is 0 Å². The molecule has 2 amide bonds. The average molecular weight is 296 g/mol. The second-order valence-electron chi connectivity index (χ2n) is 6.53. The van der Waals surface area contributed by atoms with Crippen LogP contribution in [0.5, 0.6) is 0 Å². The highest BCUT2D eigenvalue weighted by molar-refractivity contribution is 6.06. The number of benzene rings is 1. The van der Waals surface area contributed by atoms with Crippen LogP contribution in [0.3, 0.4) is 0 Å². The molecule has 5 nitrogen and oxygen atoms in total. The van der Waals surface area contributed by atoms with E-state index in [0.29, 0.717) is 12.8 Å². The molecule has 1 aromatic carbocycles. The number of aliphatic hydroxyl groups is 1. The molecule has 0 aromatic heterocycles. The van der Waals surface area contributed by atoms with Crippen molar-refractivity contribution < 1.29 is 14.7 Å². The van der Waals surface area contributed by atoms with Gasteiger partial charge >= 0.3 is 0 Å². The first kappa shape index (κ1) is 13.5. The van der Waals surface area contributed by atoms with E-state index in [0.717, 1.165) is 5.56 Å². The summed E-state index contributed by atoms with van der Waals surface area (Å²) in [6.07, 6.45) is 1.29. The first-order valence-electron chi connectivity index (χ1n) is 7.60. The molecule has 3 aliphatic rings. The van der Waals surface area contributed by atoms with Gasteiger partial charge in [-0.2, -0.15) is 5.26 Å². The number of amides is 2. The van der Waals surface area contributed by atoms with Gasteiger partial charge in [0.15, 0.2) is 5.60 Å². The predicted octanol–water partition coefficient (Wildman–Crippen LogP) is 1.08. The number of likely N-dealkylation sites (tertiary alicyclic amines) is 1. The molecule has 112 valence electrons. The minimum atomic E-state index is -1.50. The molecule has 1 heterocycles. The zero-order valence-corrected chi connectivity index (χ0v) is 12.0. The van der Waals surface area contributed by atoms with E-state index in [-0.39, 0.29) is 18.4 Å². The number of nitrogens with zero attached hydrogens (tertiary/aromatic N) is 2. The lowest BCUT2D eigenvalue weighted by atomic mass is 9.81. The summed E-state index contributed by atoms with van der Waals surface area (Å²) in [5, 5.41) is 19.8. The van der Waals surface area contributed by atoms with Gasteiger partial charge in [-0.05, 0) is 18.4 Å². The maximum Gasteiger partial charge on any atom is 0.233 e. The van der Waals surface area contributed by atoms with Crippen LogP contribution in [0.1, 0.15) is 18.4 Å². The van der Waals surface area contributed by atoms with Gasteiger partial charge in [0.25, 0.3) is 0 Å². The molecule has 3 fully saturated rings. The average Bonchev–Trinajstić information content (AvgIpc) is 3.09. The molecule has 1 aromatic rings. The fraction of sp³-hybridized carbons (Fsp3) is 0.471. The Hall–Kier alpha value is -2.19. The largest absolute Gasteiger partial charge is 0.375 e. The van der Waals surface area contributed by atoms with Crippen molar-refractivity contribution >= 4 is 11.8 Å². The van der Waals surface area contributed by atoms with Crippen LogP contribution in [0.2, 0.25) is 0 Å². The molecular weight excluding hydrogens is 280 g/mol. The number of carbonyl (C=O) groups is 2. The van der Waals surface area contributed by atoms with E-state index in [1.54, 1.807) is 0 Å². The summed E-state index contributed by atoms with van der Waals surface area (Å²) in [6.45, 7) is 0.274. The molecule has 5 heteroatoms. The second-order valence-corrected chi connectivity index (χ2v) is 6.53. The zero-order valence-electron chi connectivity index (χ0n) is 12.0. The SMILES string of the molecule is N#CC1(O)[C@@H]2CC[C@H]1[C@@H]1C(=O)N(Cc3ccccc3)C(=O)[C@@H]12. The molecule has 0 spiro atoms. The Morgan fingerprint density at radius 2 is 1.68 bits per heavy atom. The van der Waals surface area contributed by atoms with E-state index >= 15 is 0 Å². The van der Waals surface area contributed by atoms with Crippen molar-refractivity contribution in [3.05, 3.63) is 35.9 Å². The molecule has 1 saturated heterocycles. The van der Waals surface area contributed by atoms with Crippen molar-refractivity contribution in [1.82, 2.24) is 4.90 Å². The highest BCUT2D eigenvalue weighted by Crippen LogP contribution is 2.61. The Kier molecular flexibility index (Phi) is 2.70. The molecule has 22 heavy (non-hydrogen) atoms. The summed E-state index contributed by atoms with van der Waals surface area (Å²) in [4.78, 5) is 26.7. The zero-order chi connectivity index (χ0) is 15.5. The summed E-state index contributed by atoms with van der Waals surface area (Å²) in [6, 6.07) is 11.4. The Labute approximate surface area is 128 Å². The number of fused-ring (bicyclic) bond motifs is 5. The van der Waals surface area contributed by atoms with Crippen molar-refractivity contribution in [1.29, 1.82) is 5.26 Å². The molecule has 5 atom stereocenters. The third kappa shape index (κ3) is 1.51. The van der Waals surface area contributed by atoms with Gasteiger partial charge in [0.1, 0.15) is 0 Å². The van der Waals surface area contributed by atoms with E-state index in [1.165, 1.54) is 4.90 Å². The van der Waals surface area contributed by atoms with Crippen molar-refractivity contribution in [3.8, 4) is 6.07 Å². The van der Waals surface area contributed by atoms with Crippen LogP contribution >= 0.6 is 0 Å². The Balaban J connectivity index is 1.66. The van der Waals surface area contributed by atoms with Gasteiger partial charge in [0.05, 0.1) is 24.4 Å². The number of nitriles is 1. The van der Waals surface area contributed by atoms with Gasteiger partial charge in [-0.15, -0.1) is 0 Å². The van der Waals surface area contributed by atoms with Crippen LogP contribution in [0, 0.1) is 35.0 Å². The summed E-state index contributed by atoms with van der Waals surface area (Å²) < 4.78 is 0. The first-order valence-corrected chi connectivity index (χ1v) is 7.60. The minimum Gasteiger partial charge on any atom is -0.375 e. The molecule has 2 saturated carbocycles. The quantitative estimate of drug-likeness (QED) is 0.654. The highest BCUT2D eigenvalue weighted by atomic mass is 16.3. The fourth-order valence-corrected chi connectivity index (χ4v) is 4.69. The van der Waals surface area contributed by atoms with Crippen LogP contribution in [-0.2, 0) is 16.1 Å². The lowest BCUT2D eigenvalue weighted by Gasteiger charge is -2.24. The molecular formula is C17H16N2O3. The van der Waals surface area contributed by atoms with E-state index < -0.39 is 29.3 Å². The summed E-state index contributed by atoms with van der Waals surface area (Å²) in [5.41, 5.74) is -0.591. The number of rotatable bonds is 2. The molecule has 2 bridgehead atoms. The predicted molar refractivity (Wildman–Crippen MR) is 75.8 cm³/mol. The molecule has 1 unspecified atom stereocenters. The Morgan fingerprint density at radius 3 is 2.18 bits per heavy atom. The van der Waals surface area contributed by atoms with E-state index in [2.05, 4.69) is 0 Å². The Morgan fingerprint density at radius 1 is 1.14 bits per heavy atom. The lowest BCUT2D eigenvalue weighted by molar-refractivity contribution is -0.143. The van der Waals surface area contributed by atoms with Gasteiger partial charge in [0, 0.05) is 11.8 Å². The molecule has 1 aliphatic heterocycles. The van der Waals surface area contributed by atoms with Crippen LogP contribution in [0.4, 0.5) is 0 Å². The Bertz CT molecular complexity index is 664. The molecule has 2 aliphatic carbocycles. The van der Waals surface area contributed by atoms with Crippen molar-refractivity contribution in [2.45, 2.75) is 25.0 Å². The number of hydrogen-bond acceptors (Lipinski definition) is 4. The molecule has 4 rings (SSSR count). The number of carbonyl (C=O) groups excluding carboxylic acids is 2. The topological polar surface area (TPSA) is 81.4 Å². The highest BCUT2D eigenvalue weighted by Gasteiger charge is 2.71. The summed E-state index contributed by atoms with van der Waals surface area (Å²) in [7, 11) is 0. The van der Waals surface area contributed by atoms with Crippen molar-refractivity contribution in [2.24, 2.45) is 23.7 Å². The van der Waals surface area contributed by atoms with Gasteiger partial charge < -0.3 is 5.11 Å². The fourth-order valence-electron chi connectivity index (χ4n) is 4.69. The van der Waals surface area contributed by atoms with Crippen molar-refractivity contribution in [3.63, 3.8) is 0 Å². The lowest BCUT2D eigenvalue weighted by Crippen LogP contribution is -2.40. The van der Waals surface area contributed by atoms with Gasteiger partial charge in [-0.25, -0.2) is 0 Å². The van der Waals surface area contributed by atoms with Gasteiger partial charge in [0.2, 0.25) is 11.8 Å². The monoisotopic (exact) mass is 296 g/mol. The second kappa shape index (κ2) is 4.40. The maximum absolute atomic E-state index is 12.7.